The summed E-state index contributed by atoms with van der Waals surface area (Å²) in [6.07, 6.45) is 3.82. The Morgan fingerprint density at radius 2 is 1.97 bits per heavy atom. The Labute approximate surface area is 172 Å². The van der Waals surface area contributed by atoms with Crippen molar-refractivity contribution in [3.8, 4) is 22.6 Å². The molecular formula is C22H29NO5S. The van der Waals surface area contributed by atoms with E-state index in [1.165, 1.54) is 6.07 Å². The third kappa shape index (κ3) is 4.91. The van der Waals surface area contributed by atoms with Gasteiger partial charge in [-0.3, -0.25) is 0 Å². The zero-order chi connectivity index (χ0) is 21.0. The number of sulfonamides is 1. The predicted molar refractivity (Wildman–Crippen MR) is 113 cm³/mol. The molecule has 0 aliphatic carbocycles. The maximum Gasteiger partial charge on any atom is 0.244 e. The molecule has 3 rings (SSSR count). The molecule has 3 N–H and O–H groups in total. The highest BCUT2D eigenvalue weighted by Gasteiger charge is 2.29. The van der Waals surface area contributed by atoms with Crippen LogP contribution in [0.5, 0.6) is 11.5 Å². The first-order valence-corrected chi connectivity index (χ1v) is 11.6. The number of phenolic OH excluding ortho intramolecular Hbond substituents is 2. The van der Waals surface area contributed by atoms with Crippen LogP contribution in [-0.4, -0.2) is 37.9 Å². The molecule has 0 radical (unpaired) electrons. The third-order valence-corrected chi connectivity index (χ3v) is 6.77. The van der Waals surface area contributed by atoms with Gasteiger partial charge < -0.3 is 14.9 Å². The van der Waals surface area contributed by atoms with E-state index in [9.17, 15) is 18.6 Å². The lowest BCUT2D eigenvalue weighted by Crippen LogP contribution is -2.39. The van der Waals surface area contributed by atoms with Gasteiger partial charge in [0.15, 0.2) is 0 Å². The highest BCUT2D eigenvalue weighted by molar-refractivity contribution is 7.89. The van der Waals surface area contributed by atoms with Crippen molar-refractivity contribution in [3.63, 3.8) is 0 Å². The van der Waals surface area contributed by atoms with E-state index in [4.69, 9.17) is 4.74 Å². The minimum Gasteiger partial charge on any atom is -0.507 e. The Bertz CT molecular complexity index is 967. The number of aryl methyl sites for hydroxylation is 2. The van der Waals surface area contributed by atoms with Crippen LogP contribution in [0.1, 0.15) is 43.7 Å². The number of hydrogen-bond acceptors (Lipinski definition) is 5. The Morgan fingerprint density at radius 3 is 2.59 bits per heavy atom. The van der Waals surface area contributed by atoms with Crippen LogP contribution >= 0.6 is 0 Å². The number of aromatic hydroxyl groups is 2. The van der Waals surface area contributed by atoms with Gasteiger partial charge in [0.1, 0.15) is 16.4 Å². The zero-order valence-electron chi connectivity index (χ0n) is 16.9. The van der Waals surface area contributed by atoms with Crippen LogP contribution in [-0.2, 0) is 21.2 Å². The highest BCUT2D eigenvalue weighted by atomic mass is 32.2. The Hall–Kier alpha value is -2.09. The average molecular weight is 420 g/mol. The van der Waals surface area contributed by atoms with Gasteiger partial charge >= 0.3 is 0 Å². The second-order valence-electron chi connectivity index (χ2n) is 7.57. The number of ether oxygens (including phenoxy) is 1. The molecule has 0 spiro atoms. The molecule has 1 aliphatic heterocycles. The van der Waals surface area contributed by atoms with Gasteiger partial charge in [0.2, 0.25) is 10.0 Å². The molecule has 29 heavy (non-hydrogen) atoms. The minimum atomic E-state index is -3.98. The molecular weight excluding hydrogens is 390 g/mol. The normalized spacial score (nSPS) is 16.6. The first kappa shape index (κ1) is 21.6. The van der Waals surface area contributed by atoms with Gasteiger partial charge in [-0.15, -0.1) is 0 Å². The summed E-state index contributed by atoms with van der Waals surface area (Å²) in [6, 6.07) is 8.72. The Balaban J connectivity index is 2.07. The van der Waals surface area contributed by atoms with Crippen molar-refractivity contribution >= 4 is 10.0 Å². The fraction of sp³-hybridized carbons (Fsp3) is 0.455. The van der Waals surface area contributed by atoms with E-state index < -0.39 is 15.8 Å². The summed E-state index contributed by atoms with van der Waals surface area (Å²) in [5.41, 5.74) is 2.07. The largest absolute Gasteiger partial charge is 0.507 e. The lowest BCUT2D eigenvalue weighted by molar-refractivity contribution is -0.0455. The first-order chi connectivity index (χ1) is 13.8. The summed E-state index contributed by atoms with van der Waals surface area (Å²) in [5.74, 6) is -0.537. The molecule has 158 valence electrons. The van der Waals surface area contributed by atoms with Crippen molar-refractivity contribution in [2.24, 2.45) is 0 Å². The Morgan fingerprint density at radius 1 is 1.21 bits per heavy atom. The number of rotatable bonds is 9. The summed E-state index contributed by atoms with van der Waals surface area (Å²) in [6.45, 7) is 4.76. The lowest BCUT2D eigenvalue weighted by atomic mass is 9.97. The van der Waals surface area contributed by atoms with Crippen molar-refractivity contribution in [1.82, 2.24) is 4.72 Å². The second kappa shape index (κ2) is 9.15. The van der Waals surface area contributed by atoms with Crippen LogP contribution in [0.3, 0.4) is 0 Å². The summed E-state index contributed by atoms with van der Waals surface area (Å²) >= 11 is 0. The number of nitrogens with one attached hydrogen (secondary N) is 1. The van der Waals surface area contributed by atoms with Crippen LogP contribution in [0, 0.1) is 6.92 Å². The van der Waals surface area contributed by atoms with E-state index in [0.29, 0.717) is 24.2 Å². The van der Waals surface area contributed by atoms with E-state index in [-0.39, 0.29) is 28.9 Å². The van der Waals surface area contributed by atoms with Gasteiger partial charge in [-0.05, 0) is 43.4 Å². The van der Waals surface area contributed by atoms with Gasteiger partial charge in [-0.2, -0.15) is 0 Å². The molecule has 2 aromatic rings. The third-order valence-electron chi connectivity index (χ3n) is 5.23. The number of hydrogen-bond donors (Lipinski definition) is 3. The Kier molecular flexibility index (Phi) is 6.82. The molecule has 6 nitrogen and oxygen atoms in total. The SMILES string of the molecule is CCCCCc1cc(O)c(-c2cccc(C)c2)c(O)c1S(=O)(=O)NCC1CCO1. The smallest absolute Gasteiger partial charge is 0.244 e. The summed E-state index contributed by atoms with van der Waals surface area (Å²) in [4.78, 5) is -0.151. The average Bonchev–Trinajstić information content (AvgIpc) is 2.60. The van der Waals surface area contributed by atoms with Crippen molar-refractivity contribution in [1.29, 1.82) is 0 Å². The van der Waals surface area contributed by atoms with E-state index >= 15 is 0 Å². The van der Waals surface area contributed by atoms with Crippen LogP contribution in [0.2, 0.25) is 0 Å². The van der Waals surface area contributed by atoms with Crippen molar-refractivity contribution in [2.75, 3.05) is 13.2 Å². The molecule has 0 bridgehead atoms. The van der Waals surface area contributed by atoms with E-state index in [1.807, 2.05) is 13.0 Å². The monoisotopic (exact) mass is 419 g/mol. The van der Waals surface area contributed by atoms with Crippen LogP contribution in [0.4, 0.5) is 0 Å². The molecule has 2 aromatic carbocycles. The summed E-state index contributed by atoms with van der Waals surface area (Å²) < 4.78 is 34.1. The molecule has 7 heteroatoms. The van der Waals surface area contributed by atoms with Crippen molar-refractivity contribution < 1.29 is 23.4 Å². The maximum absolute atomic E-state index is 13.1. The lowest BCUT2D eigenvalue weighted by Gasteiger charge is -2.26. The van der Waals surface area contributed by atoms with Crippen LogP contribution < -0.4 is 4.72 Å². The number of benzene rings is 2. The molecule has 0 amide bonds. The second-order valence-corrected chi connectivity index (χ2v) is 9.27. The molecule has 0 saturated carbocycles. The van der Waals surface area contributed by atoms with Gasteiger partial charge in [0, 0.05) is 13.2 Å². The molecule has 1 unspecified atom stereocenters. The quantitative estimate of drug-likeness (QED) is 0.536. The molecule has 1 atom stereocenters. The standard InChI is InChI=1S/C22H29NO5S/c1-3-4-5-8-17-13-19(24)20(16-9-6-7-15(2)12-16)21(25)22(17)29(26,27)23-14-18-10-11-28-18/h6-7,9,12-13,18,23-25H,3-5,8,10-11,14H2,1-2H3. The topological polar surface area (TPSA) is 95.9 Å². The number of unbranched alkanes of at least 4 members (excludes halogenated alkanes) is 2. The van der Waals surface area contributed by atoms with Crippen LogP contribution in [0.25, 0.3) is 11.1 Å². The van der Waals surface area contributed by atoms with E-state index in [1.54, 1.807) is 18.2 Å². The van der Waals surface area contributed by atoms with Gasteiger partial charge in [0.05, 0.1) is 11.7 Å². The van der Waals surface area contributed by atoms with Crippen molar-refractivity contribution in [2.45, 2.75) is 57.0 Å². The summed E-state index contributed by atoms with van der Waals surface area (Å²) in [5, 5.41) is 21.6. The van der Waals surface area contributed by atoms with Crippen molar-refractivity contribution in [3.05, 3.63) is 41.5 Å². The molecule has 1 fully saturated rings. The molecule has 1 heterocycles. The van der Waals surface area contributed by atoms with Gasteiger partial charge in [-0.25, -0.2) is 13.1 Å². The molecule has 1 saturated heterocycles. The molecule has 1 aliphatic rings. The van der Waals surface area contributed by atoms with Gasteiger partial charge in [0.25, 0.3) is 0 Å². The fourth-order valence-electron chi connectivity index (χ4n) is 3.55. The summed E-state index contributed by atoms with van der Waals surface area (Å²) in [7, 11) is -3.98. The van der Waals surface area contributed by atoms with Gasteiger partial charge in [-0.1, -0.05) is 49.6 Å². The minimum absolute atomic E-state index is 0.124. The van der Waals surface area contributed by atoms with Crippen LogP contribution in [0.15, 0.2) is 35.2 Å². The molecule has 0 aromatic heterocycles. The predicted octanol–water partition coefficient (Wildman–Crippen LogP) is 3.87. The highest BCUT2D eigenvalue weighted by Crippen LogP contribution is 2.44. The first-order valence-electron chi connectivity index (χ1n) is 10.1. The fourth-order valence-corrected chi connectivity index (χ4v) is 4.96. The van der Waals surface area contributed by atoms with E-state index in [0.717, 1.165) is 31.2 Å². The zero-order valence-corrected chi connectivity index (χ0v) is 17.8. The number of phenols is 2. The van der Waals surface area contributed by atoms with E-state index in [2.05, 4.69) is 11.6 Å². The maximum atomic E-state index is 13.1.